The van der Waals surface area contributed by atoms with E-state index in [0.717, 1.165) is 11.1 Å². The largest absolute Gasteiger partial charge is 0.389 e. The number of primary sulfonamides is 1. The number of nitrogens with two attached hydrogens (primary N) is 2. The van der Waals surface area contributed by atoms with Crippen LogP contribution in [0.15, 0.2) is 24.3 Å². The lowest BCUT2D eigenvalue weighted by Gasteiger charge is -2.05. The average Bonchev–Trinajstić information content (AvgIpc) is 2.34. The van der Waals surface area contributed by atoms with Crippen molar-refractivity contribution in [1.82, 2.24) is 5.32 Å². The van der Waals surface area contributed by atoms with Gasteiger partial charge in [0.05, 0.1) is 12.2 Å². The Morgan fingerprint density at radius 3 is 2.35 bits per heavy atom. The third-order valence-electron chi connectivity index (χ3n) is 2.53. The summed E-state index contributed by atoms with van der Waals surface area (Å²) in [5.41, 5.74) is 7.05. The van der Waals surface area contributed by atoms with Gasteiger partial charge in [-0.25, -0.2) is 13.6 Å². The van der Waals surface area contributed by atoms with E-state index in [-0.39, 0.29) is 24.6 Å². The van der Waals surface area contributed by atoms with Crippen LogP contribution >= 0.6 is 12.2 Å². The number of sulfonamides is 1. The molecule has 0 atom stereocenters. The van der Waals surface area contributed by atoms with Gasteiger partial charge in [0.15, 0.2) is 0 Å². The van der Waals surface area contributed by atoms with Gasteiger partial charge in [-0.15, -0.1) is 0 Å². The molecular formula is C12H17N3O3S2. The molecule has 0 heterocycles. The zero-order chi connectivity index (χ0) is 15.2. The number of benzene rings is 1. The second-order valence-corrected chi connectivity index (χ2v) is 6.48. The topological polar surface area (TPSA) is 115 Å². The molecule has 0 aliphatic rings. The molecule has 0 radical (unpaired) electrons. The fourth-order valence-electron chi connectivity index (χ4n) is 1.54. The fraction of sp³-hybridized carbons (Fsp3) is 0.333. The Bertz CT molecular complexity index is 582. The van der Waals surface area contributed by atoms with E-state index in [0.29, 0.717) is 11.4 Å². The summed E-state index contributed by atoms with van der Waals surface area (Å²) in [7, 11) is -3.47. The Labute approximate surface area is 123 Å². The predicted octanol–water partition coefficient (Wildman–Crippen LogP) is -0.342. The summed E-state index contributed by atoms with van der Waals surface area (Å²) in [6.45, 7) is 0.278. The van der Waals surface area contributed by atoms with E-state index >= 15 is 0 Å². The minimum atomic E-state index is -3.47. The first-order valence-electron chi connectivity index (χ1n) is 5.94. The van der Waals surface area contributed by atoms with Gasteiger partial charge >= 0.3 is 0 Å². The van der Waals surface area contributed by atoms with Crippen molar-refractivity contribution < 1.29 is 13.2 Å². The fourth-order valence-corrected chi connectivity index (χ4v) is 2.22. The Hall–Kier alpha value is -1.51. The molecule has 0 unspecified atom stereocenters. The van der Waals surface area contributed by atoms with Crippen molar-refractivity contribution in [2.75, 3.05) is 12.3 Å². The molecule has 0 aliphatic heterocycles. The van der Waals surface area contributed by atoms with Crippen LogP contribution in [0.25, 0.3) is 0 Å². The Morgan fingerprint density at radius 1 is 1.25 bits per heavy atom. The summed E-state index contributed by atoms with van der Waals surface area (Å²) in [6, 6.07) is 7.06. The van der Waals surface area contributed by atoms with Gasteiger partial charge in [0.25, 0.3) is 0 Å². The molecule has 0 aliphatic carbocycles. The molecule has 0 bridgehead atoms. The highest BCUT2D eigenvalue weighted by Gasteiger charge is 2.05. The van der Waals surface area contributed by atoms with Gasteiger partial charge in [-0.2, -0.15) is 0 Å². The summed E-state index contributed by atoms with van der Waals surface area (Å²) in [4.78, 5) is 11.9. The highest BCUT2D eigenvalue weighted by molar-refractivity contribution is 7.89. The summed E-state index contributed by atoms with van der Waals surface area (Å²) >= 11 is 4.83. The standard InChI is InChI=1S/C12H17N3O3S2/c13-12(19)10-4-2-9(3-5-10)8-11(16)15-6-1-7-20(14,17)18/h2-5H,1,6-8H2,(H2,13,19)(H,15,16)(H2,14,17,18). The van der Waals surface area contributed by atoms with Crippen LogP contribution in [0.2, 0.25) is 0 Å². The number of hydrogen-bond donors (Lipinski definition) is 3. The van der Waals surface area contributed by atoms with Crippen molar-refractivity contribution in [3.05, 3.63) is 35.4 Å². The molecule has 1 amide bonds. The first-order valence-corrected chi connectivity index (χ1v) is 8.06. The lowest BCUT2D eigenvalue weighted by molar-refractivity contribution is -0.120. The van der Waals surface area contributed by atoms with Crippen LogP contribution in [0.1, 0.15) is 17.5 Å². The molecular weight excluding hydrogens is 298 g/mol. The Balaban J connectivity index is 2.37. The van der Waals surface area contributed by atoms with Crippen LogP contribution in [-0.4, -0.2) is 31.6 Å². The highest BCUT2D eigenvalue weighted by Crippen LogP contribution is 2.05. The highest BCUT2D eigenvalue weighted by atomic mass is 32.2. The zero-order valence-corrected chi connectivity index (χ0v) is 12.5. The smallest absolute Gasteiger partial charge is 0.224 e. The maximum Gasteiger partial charge on any atom is 0.224 e. The number of hydrogen-bond acceptors (Lipinski definition) is 4. The monoisotopic (exact) mass is 315 g/mol. The zero-order valence-electron chi connectivity index (χ0n) is 10.8. The van der Waals surface area contributed by atoms with Gasteiger partial charge in [-0.05, 0) is 12.0 Å². The lowest BCUT2D eigenvalue weighted by atomic mass is 10.1. The number of carbonyl (C=O) groups excluding carboxylic acids is 1. The van der Waals surface area contributed by atoms with Gasteiger partial charge in [0.2, 0.25) is 15.9 Å². The summed E-state index contributed by atoms with van der Waals surface area (Å²) < 4.78 is 21.4. The van der Waals surface area contributed by atoms with Crippen LogP contribution in [0.5, 0.6) is 0 Å². The van der Waals surface area contributed by atoms with Crippen molar-refractivity contribution in [2.24, 2.45) is 10.9 Å². The minimum absolute atomic E-state index is 0.143. The van der Waals surface area contributed by atoms with E-state index in [9.17, 15) is 13.2 Å². The molecule has 0 fully saturated rings. The van der Waals surface area contributed by atoms with Gasteiger partial charge < -0.3 is 11.1 Å². The van der Waals surface area contributed by atoms with E-state index in [2.05, 4.69) is 5.32 Å². The quantitative estimate of drug-likeness (QED) is 0.470. The molecule has 0 saturated carbocycles. The van der Waals surface area contributed by atoms with Crippen molar-refractivity contribution in [2.45, 2.75) is 12.8 Å². The number of nitrogens with one attached hydrogen (secondary N) is 1. The molecule has 0 aromatic heterocycles. The molecule has 5 N–H and O–H groups in total. The number of amides is 1. The van der Waals surface area contributed by atoms with Crippen molar-refractivity contribution >= 4 is 33.1 Å². The first kappa shape index (κ1) is 16.5. The molecule has 6 nitrogen and oxygen atoms in total. The molecule has 0 spiro atoms. The number of thiocarbonyl (C=S) groups is 1. The normalized spacial score (nSPS) is 11.1. The third kappa shape index (κ3) is 6.60. The Kier molecular flexibility index (Phi) is 6.05. The van der Waals surface area contributed by atoms with E-state index < -0.39 is 10.0 Å². The van der Waals surface area contributed by atoms with Crippen LogP contribution in [-0.2, 0) is 21.2 Å². The van der Waals surface area contributed by atoms with Crippen LogP contribution in [0.3, 0.4) is 0 Å². The van der Waals surface area contributed by atoms with Gasteiger partial charge in [-0.1, -0.05) is 36.5 Å². The summed E-state index contributed by atoms with van der Waals surface area (Å²) in [5, 5.41) is 7.48. The average molecular weight is 315 g/mol. The molecule has 1 aromatic rings. The lowest BCUT2D eigenvalue weighted by Crippen LogP contribution is -2.28. The molecule has 8 heteroatoms. The summed E-state index contributed by atoms with van der Waals surface area (Å²) in [6.07, 6.45) is 0.512. The Morgan fingerprint density at radius 2 is 1.85 bits per heavy atom. The first-order chi connectivity index (χ1) is 9.28. The van der Waals surface area contributed by atoms with Crippen molar-refractivity contribution in [1.29, 1.82) is 0 Å². The van der Waals surface area contributed by atoms with E-state index in [1.165, 1.54) is 0 Å². The van der Waals surface area contributed by atoms with Gasteiger partial charge in [0.1, 0.15) is 4.99 Å². The SMILES string of the molecule is NC(=S)c1ccc(CC(=O)NCCCS(N)(=O)=O)cc1. The predicted molar refractivity (Wildman–Crippen MR) is 81.6 cm³/mol. The van der Waals surface area contributed by atoms with Crippen LogP contribution < -0.4 is 16.2 Å². The van der Waals surface area contributed by atoms with Gasteiger partial charge in [-0.3, -0.25) is 4.79 Å². The van der Waals surface area contributed by atoms with Crippen LogP contribution in [0.4, 0.5) is 0 Å². The number of carbonyl (C=O) groups is 1. The van der Waals surface area contributed by atoms with E-state index in [1.54, 1.807) is 24.3 Å². The maximum atomic E-state index is 11.6. The maximum absolute atomic E-state index is 11.6. The van der Waals surface area contributed by atoms with Crippen LogP contribution in [0, 0.1) is 0 Å². The second kappa shape index (κ2) is 7.32. The molecule has 1 aromatic carbocycles. The third-order valence-corrected chi connectivity index (χ3v) is 3.62. The molecule has 20 heavy (non-hydrogen) atoms. The molecule has 110 valence electrons. The van der Waals surface area contributed by atoms with Crippen molar-refractivity contribution in [3.63, 3.8) is 0 Å². The minimum Gasteiger partial charge on any atom is -0.389 e. The summed E-state index contributed by atoms with van der Waals surface area (Å²) in [5.74, 6) is -0.321. The van der Waals surface area contributed by atoms with E-state index in [4.69, 9.17) is 23.1 Å². The van der Waals surface area contributed by atoms with Gasteiger partial charge in [0, 0.05) is 12.1 Å². The molecule has 0 saturated heterocycles. The van der Waals surface area contributed by atoms with E-state index in [1.807, 2.05) is 0 Å². The number of rotatable bonds is 7. The second-order valence-electron chi connectivity index (χ2n) is 4.31. The van der Waals surface area contributed by atoms with Crippen molar-refractivity contribution in [3.8, 4) is 0 Å². The molecule has 1 rings (SSSR count).